The van der Waals surface area contributed by atoms with Crippen LogP contribution in [0.2, 0.25) is 0 Å². The van der Waals surface area contributed by atoms with Crippen molar-refractivity contribution in [2.45, 2.75) is 33.1 Å². The molecule has 0 saturated carbocycles. The van der Waals surface area contributed by atoms with Crippen LogP contribution in [0.15, 0.2) is 66.7 Å². The minimum absolute atomic E-state index is 0.265. The molecule has 0 amide bonds. The van der Waals surface area contributed by atoms with Crippen LogP contribution in [-0.2, 0) is 12.8 Å². The molecule has 0 N–H and O–H groups in total. The lowest BCUT2D eigenvalue weighted by Crippen LogP contribution is -1.87. The summed E-state index contributed by atoms with van der Waals surface area (Å²) < 4.78 is 14.0. The number of hydrogen-bond donors (Lipinski definition) is 0. The van der Waals surface area contributed by atoms with Crippen LogP contribution in [0, 0.1) is 29.5 Å². The Morgan fingerprint density at radius 1 is 0.643 bits per heavy atom. The maximum Gasteiger partial charge on any atom is 0.139 e. The van der Waals surface area contributed by atoms with E-state index in [4.69, 9.17) is 0 Å². The van der Waals surface area contributed by atoms with Gasteiger partial charge in [0.25, 0.3) is 0 Å². The summed E-state index contributed by atoms with van der Waals surface area (Å²) in [5.41, 5.74) is 5.53. The van der Waals surface area contributed by atoms with Crippen molar-refractivity contribution in [1.82, 2.24) is 0 Å². The Labute approximate surface area is 167 Å². The van der Waals surface area contributed by atoms with E-state index in [1.165, 1.54) is 5.56 Å². The Balaban J connectivity index is 1.69. The smallest absolute Gasteiger partial charge is 0.139 e. The van der Waals surface area contributed by atoms with E-state index in [1.54, 1.807) is 12.1 Å². The molecule has 3 aromatic carbocycles. The van der Waals surface area contributed by atoms with Gasteiger partial charge in [0.05, 0.1) is 5.56 Å². The first-order valence-electron chi connectivity index (χ1n) is 9.69. The first-order chi connectivity index (χ1) is 13.7. The monoisotopic (exact) mass is 366 g/mol. The Kier molecular flexibility index (Phi) is 6.67. The van der Waals surface area contributed by atoms with Gasteiger partial charge in [-0.2, -0.15) is 0 Å². The summed E-state index contributed by atoms with van der Waals surface area (Å²) in [6.07, 6.45) is 3.07. The van der Waals surface area contributed by atoms with Gasteiger partial charge in [0.2, 0.25) is 0 Å². The molecule has 0 aliphatic carbocycles. The maximum atomic E-state index is 14.0. The Bertz CT molecular complexity index is 1050. The zero-order valence-electron chi connectivity index (χ0n) is 16.4. The minimum atomic E-state index is -0.265. The molecule has 0 aromatic heterocycles. The molecule has 0 heterocycles. The second-order valence-electron chi connectivity index (χ2n) is 6.69. The summed E-state index contributed by atoms with van der Waals surface area (Å²) in [5.74, 6) is 12.0. The third-order valence-corrected chi connectivity index (χ3v) is 4.51. The van der Waals surface area contributed by atoms with E-state index in [9.17, 15) is 4.39 Å². The molecule has 0 unspecified atom stereocenters. The Morgan fingerprint density at radius 3 is 1.64 bits per heavy atom. The highest BCUT2D eigenvalue weighted by atomic mass is 19.1. The van der Waals surface area contributed by atoms with Crippen LogP contribution in [0.4, 0.5) is 4.39 Å². The van der Waals surface area contributed by atoms with Crippen molar-refractivity contribution < 1.29 is 4.39 Å². The van der Waals surface area contributed by atoms with Crippen molar-refractivity contribution >= 4 is 0 Å². The van der Waals surface area contributed by atoms with Gasteiger partial charge in [0.1, 0.15) is 5.82 Å². The van der Waals surface area contributed by atoms with Gasteiger partial charge in [-0.1, -0.05) is 62.1 Å². The first kappa shape index (κ1) is 19.5. The van der Waals surface area contributed by atoms with Crippen LogP contribution < -0.4 is 0 Å². The molecule has 0 atom stereocenters. The highest BCUT2D eigenvalue weighted by Crippen LogP contribution is 2.11. The van der Waals surface area contributed by atoms with Crippen LogP contribution in [0.1, 0.15) is 53.6 Å². The van der Waals surface area contributed by atoms with Crippen molar-refractivity contribution in [3.05, 3.63) is 106 Å². The molecule has 3 rings (SSSR count). The maximum absolute atomic E-state index is 14.0. The third-order valence-electron chi connectivity index (χ3n) is 4.51. The second kappa shape index (κ2) is 9.59. The summed E-state index contributed by atoms with van der Waals surface area (Å²) in [4.78, 5) is 0. The van der Waals surface area contributed by atoms with Crippen molar-refractivity contribution in [2.24, 2.45) is 0 Å². The van der Waals surface area contributed by atoms with E-state index < -0.39 is 0 Å². The van der Waals surface area contributed by atoms with Crippen LogP contribution in [-0.4, -0.2) is 0 Å². The summed E-state index contributed by atoms with van der Waals surface area (Å²) in [5, 5.41) is 0. The van der Waals surface area contributed by atoms with Gasteiger partial charge in [-0.05, 0) is 72.5 Å². The summed E-state index contributed by atoms with van der Waals surface area (Å²) >= 11 is 0. The Morgan fingerprint density at radius 2 is 1.14 bits per heavy atom. The zero-order valence-corrected chi connectivity index (χ0v) is 16.4. The SMILES string of the molecule is CCCc1ccc(C#Cc2ccc(C#Cc3ccc(CC)cc3F)cc2)cc1. The van der Waals surface area contributed by atoms with Crippen LogP contribution >= 0.6 is 0 Å². The molecule has 1 heteroatoms. The number of aryl methyl sites for hydroxylation is 2. The van der Waals surface area contributed by atoms with Crippen molar-refractivity contribution in [1.29, 1.82) is 0 Å². The molecule has 0 nitrogen and oxygen atoms in total. The van der Waals surface area contributed by atoms with Gasteiger partial charge in [-0.3, -0.25) is 0 Å². The number of benzene rings is 3. The fraction of sp³-hybridized carbons (Fsp3) is 0.185. The molecule has 0 bridgehead atoms. The number of halogens is 1. The average molecular weight is 366 g/mol. The minimum Gasteiger partial charge on any atom is -0.206 e. The molecule has 138 valence electrons. The number of rotatable bonds is 3. The topological polar surface area (TPSA) is 0 Å². The molecular weight excluding hydrogens is 343 g/mol. The fourth-order valence-electron chi connectivity index (χ4n) is 2.84. The first-order valence-corrected chi connectivity index (χ1v) is 9.69. The quantitative estimate of drug-likeness (QED) is 0.488. The van der Waals surface area contributed by atoms with E-state index in [0.29, 0.717) is 5.56 Å². The van der Waals surface area contributed by atoms with E-state index in [0.717, 1.165) is 41.5 Å². The van der Waals surface area contributed by atoms with E-state index in [-0.39, 0.29) is 5.82 Å². The van der Waals surface area contributed by atoms with Crippen LogP contribution in [0.25, 0.3) is 0 Å². The highest BCUT2D eigenvalue weighted by molar-refractivity contribution is 5.48. The van der Waals surface area contributed by atoms with E-state index in [2.05, 4.69) is 54.9 Å². The summed E-state index contributed by atoms with van der Waals surface area (Å²) in [7, 11) is 0. The molecule has 0 fully saturated rings. The standard InChI is InChI=1S/C27H23F/c1-3-5-22-6-8-23(9-7-22)10-11-24-12-14-25(15-13-24)17-19-26-18-16-21(4-2)20-27(26)28/h6-9,12-16,18,20H,3-5H2,1-2H3. The Hall–Kier alpha value is -3.29. The predicted molar refractivity (Wildman–Crippen MR) is 115 cm³/mol. The second-order valence-corrected chi connectivity index (χ2v) is 6.69. The fourth-order valence-corrected chi connectivity index (χ4v) is 2.84. The third kappa shape index (κ3) is 5.35. The molecular formula is C27H23F. The molecule has 3 aromatic rings. The van der Waals surface area contributed by atoms with Gasteiger partial charge in [-0.25, -0.2) is 4.39 Å². The van der Waals surface area contributed by atoms with E-state index in [1.807, 2.05) is 37.3 Å². The normalized spacial score (nSPS) is 9.82. The van der Waals surface area contributed by atoms with Gasteiger partial charge < -0.3 is 0 Å². The lowest BCUT2D eigenvalue weighted by molar-refractivity contribution is 0.622. The zero-order chi connectivity index (χ0) is 19.8. The van der Waals surface area contributed by atoms with Crippen molar-refractivity contribution in [3.63, 3.8) is 0 Å². The van der Waals surface area contributed by atoms with Gasteiger partial charge in [0.15, 0.2) is 0 Å². The largest absolute Gasteiger partial charge is 0.206 e. The molecule has 28 heavy (non-hydrogen) atoms. The molecule has 0 aliphatic heterocycles. The lowest BCUT2D eigenvalue weighted by Gasteiger charge is -1.98. The molecule has 0 aliphatic rings. The van der Waals surface area contributed by atoms with Crippen molar-refractivity contribution in [3.8, 4) is 23.7 Å². The van der Waals surface area contributed by atoms with Gasteiger partial charge in [-0.15, -0.1) is 0 Å². The van der Waals surface area contributed by atoms with Crippen LogP contribution in [0.3, 0.4) is 0 Å². The average Bonchev–Trinajstić information content (AvgIpc) is 2.73. The molecule has 0 saturated heterocycles. The molecule has 0 spiro atoms. The van der Waals surface area contributed by atoms with Crippen LogP contribution in [0.5, 0.6) is 0 Å². The summed E-state index contributed by atoms with van der Waals surface area (Å²) in [6.45, 7) is 4.19. The molecule has 0 radical (unpaired) electrons. The van der Waals surface area contributed by atoms with Crippen molar-refractivity contribution in [2.75, 3.05) is 0 Å². The van der Waals surface area contributed by atoms with Gasteiger partial charge >= 0.3 is 0 Å². The van der Waals surface area contributed by atoms with E-state index >= 15 is 0 Å². The lowest BCUT2D eigenvalue weighted by atomic mass is 10.1. The number of hydrogen-bond acceptors (Lipinski definition) is 0. The van der Waals surface area contributed by atoms with Gasteiger partial charge in [0, 0.05) is 16.7 Å². The summed E-state index contributed by atoms with van der Waals surface area (Å²) in [6, 6.07) is 21.3. The highest BCUT2D eigenvalue weighted by Gasteiger charge is 1.99. The predicted octanol–water partition coefficient (Wildman–Crippen LogP) is 6.14.